The van der Waals surface area contributed by atoms with Gasteiger partial charge in [-0.3, -0.25) is 0 Å². The van der Waals surface area contributed by atoms with Crippen molar-refractivity contribution in [1.82, 2.24) is 5.32 Å². The minimum Gasteiger partial charge on any atom is -0.310 e. The molecule has 0 saturated heterocycles. The van der Waals surface area contributed by atoms with Gasteiger partial charge in [0.15, 0.2) is 0 Å². The first kappa shape index (κ1) is 16.4. The van der Waals surface area contributed by atoms with Gasteiger partial charge in [0, 0.05) is 12.1 Å². The van der Waals surface area contributed by atoms with E-state index in [1.165, 1.54) is 18.6 Å². The van der Waals surface area contributed by atoms with Crippen LogP contribution in [0.3, 0.4) is 0 Å². The molecule has 1 aromatic carbocycles. The molecular formula is C18H27F2N. The number of hydrogen-bond acceptors (Lipinski definition) is 1. The summed E-state index contributed by atoms with van der Waals surface area (Å²) in [5, 5.41) is 3.52. The maximum Gasteiger partial charge on any atom is 0.126 e. The van der Waals surface area contributed by atoms with E-state index in [9.17, 15) is 8.78 Å². The van der Waals surface area contributed by atoms with E-state index in [-0.39, 0.29) is 6.04 Å². The second-order valence-corrected chi connectivity index (χ2v) is 6.81. The lowest BCUT2D eigenvalue weighted by Crippen LogP contribution is -2.33. The van der Waals surface area contributed by atoms with Gasteiger partial charge in [0.05, 0.1) is 0 Å². The monoisotopic (exact) mass is 295 g/mol. The maximum atomic E-state index is 13.6. The first-order valence-electron chi connectivity index (χ1n) is 8.19. The summed E-state index contributed by atoms with van der Waals surface area (Å²) >= 11 is 0. The van der Waals surface area contributed by atoms with Crippen LogP contribution in [0, 0.1) is 29.4 Å². The van der Waals surface area contributed by atoms with Crippen LogP contribution < -0.4 is 5.32 Å². The van der Waals surface area contributed by atoms with Gasteiger partial charge in [-0.1, -0.05) is 20.8 Å². The zero-order valence-electron chi connectivity index (χ0n) is 13.3. The number of nitrogens with one attached hydrogen (secondary N) is 1. The van der Waals surface area contributed by atoms with Crippen molar-refractivity contribution in [3.63, 3.8) is 0 Å². The highest BCUT2D eigenvalue weighted by Crippen LogP contribution is 2.40. The van der Waals surface area contributed by atoms with Gasteiger partial charge in [-0.15, -0.1) is 0 Å². The molecule has 3 heteroatoms. The number of hydrogen-bond donors (Lipinski definition) is 1. The zero-order chi connectivity index (χ0) is 15.4. The van der Waals surface area contributed by atoms with Crippen molar-refractivity contribution in [1.29, 1.82) is 0 Å². The van der Waals surface area contributed by atoms with Crippen LogP contribution in [-0.2, 0) is 0 Å². The fraction of sp³-hybridized carbons (Fsp3) is 0.667. The Balaban J connectivity index is 2.24. The Bertz CT molecular complexity index is 430. The molecule has 118 valence electrons. The minimum absolute atomic E-state index is 0.0559. The van der Waals surface area contributed by atoms with Gasteiger partial charge < -0.3 is 5.32 Å². The molecule has 2 rings (SSSR count). The molecule has 1 fully saturated rings. The van der Waals surface area contributed by atoms with Crippen molar-refractivity contribution in [2.45, 2.75) is 52.5 Å². The summed E-state index contributed by atoms with van der Waals surface area (Å²) in [4.78, 5) is 0. The van der Waals surface area contributed by atoms with E-state index in [0.717, 1.165) is 37.4 Å². The Kier molecular flexibility index (Phi) is 5.74. The number of halogens is 2. The minimum atomic E-state index is -0.481. The molecular weight excluding hydrogens is 268 g/mol. The normalized spacial score (nSPS) is 27.6. The summed E-state index contributed by atoms with van der Waals surface area (Å²) < 4.78 is 27.1. The summed E-state index contributed by atoms with van der Waals surface area (Å²) in [5.74, 6) is 0.859. The van der Waals surface area contributed by atoms with E-state index in [4.69, 9.17) is 0 Å². The molecule has 0 aromatic heterocycles. The van der Waals surface area contributed by atoms with Crippen LogP contribution in [0.4, 0.5) is 8.78 Å². The molecule has 0 bridgehead atoms. The van der Waals surface area contributed by atoms with E-state index in [1.54, 1.807) is 0 Å². The van der Waals surface area contributed by atoms with Crippen molar-refractivity contribution >= 4 is 0 Å². The van der Waals surface area contributed by atoms with Crippen LogP contribution in [-0.4, -0.2) is 6.54 Å². The van der Waals surface area contributed by atoms with Gasteiger partial charge in [-0.05, 0) is 67.7 Å². The molecule has 1 nitrogen and oxygen atoms in total. The Morgan fingerprint density at radius 3 is 2.14 bits per heavy atom. The number of benzene rings is 1. The fourth-order valence-corrected chi connectivity index (χ4v) is 3.89. The Morgan fingerprint density at radius 2 is 1.62 bits per heavy atom. The number of rotatable bonds is 5. The van der Waals surface area contributed by atoms with E-state index in [0.29, 0.717) is 17.8 Å². The van der Waals surface area contributed by atoms with E-state index in [1.807, 2.05) is 0 Å². The Morgan fingerprint density at radius 1 is 1.05 bits per heavy atom. The molecule has 1 aliphatic carbocycles. The molecule has 1 saturated carbocycles. The Labute approximate surface area is 127 Å². The first-order valence-corrected chi connectivity index (χ1v) is 8.19. The highest BCUT2D eigenvalue weighted by molar-refractivity contribution is 5.22. The van der Waals surface area contributed by atoms with Crippen molar-refractivity contribution in [3.8, 4) is 0 Å². The molecule has 3 atom stereocenters. The average Bonchev–Trinajstić information content (AvgIpc) is 2.37. The van der Waals surface area contributed by atoms with Crippen LogP contribution >= 0.6 is 0 Å². The summed E-state index contributed by atoms with van der Waals surface area (Å²) in [6.07, 6.45) is 4.54. The Hall–Kier alpha value is -0.960. The molecule has 21 heavy (non-hydrogen) atoms. The van der Waals surface area contributed by atoms with Crippen LogP contribution in [0.2, 0.25) is 0 Å². The lowest BCUT2D eigenvalue weighted by Gasteiger charge is -2.37. The molecule has 0 radical (unpaired) electrons. The van der Waals surface area contributed by atoms with Gasteiger partial charge in [0.2, 0.25) is 0 Å². The quantitative estimate of drug-likeness (QED) is 0.799. The molecule has 0 heterocycles. The van der Waals surface area contributed by atoms with E-state index in [2.05, 4.69) is 26.1 Å². The first-order chi connectivity index (χ1) is 9.99. The lowest BCUT2D eigenvalue weighted by atomic mass is 9.72. The third kappa shape index (κ3) is 4.50. The summed E-state index contributed by atoms with van der Waals surface area (Å²) in [5.41, 5.74) is 0.757. The standard InChI is InChI=1S/C18H27F2N/c1-4-5-21-18(14-7-12(2)6-13(3)8-14)15-9-16(19)11-17(20)10-15/h9-14,18,21H,4-8H2,1-3H3. The molecule has 3 unspecified atom stereocenters. The summed E-state index contributed by atoms with van der Waals surface area (Å²) in [6.45, 7) is 7.56. The van der Waals surface area contributed by atoms with E-state index < -0.39 is 11.6 Å². The summed E-state index contributed by atoms with van der Waals surface area (Å²) in [7, 11) is 0. The van der Waals surface area contributed by atoms with Gasteiger partial charge >= 0.3 is 0 Å². The summed E-state index contributed by atoms with van der Waals surface area (Å²) in [6, 6.07) is 3.98. The maximum absolute atomic E-state index is 13.6. The largest absolute Gasteiger partial charge is 0.310 e. The van der Waals surface area contributed by atoms with Gasteiger partial charge in [-0.2, -0.15) is 0 Å². The van der Waals surface area contributed by atoms with Gasteiger partial charge in [0.1, 0.15) is 11.6 Å². The highest BCUT2D eigenvalue weighted by Gasteiger charge is 2.31. The molecule has 0 amide bonds. The average molecular weight is 295 g/mol. The van der Waals surface area contributed by atoms with Crippen LogP contribution in [0.5, 0.6) is 0 Å². The van der Waals surface area contributed by atoms with E-state index >= 15 is 0 Å². The molecule has 0 aliphatic heterocycles. The van der Waals surface area contributed by atoms with Crippen molar-refractivity contribution in [3.05, 3.63) is 35.4 Å². The molecule has 1 N–H and O–H groups in total. The SMILES string of the molecule is CCCNC(c1cc(F)cc(F)c1)C1CC(C)CC(C)C1. The van der Waals surface area contributed by atoms with Crippen LogP contribution in [0.1, 0.15) is 58.1 Å². The van der Waals surface area contributed by atoms with Crippen molar-refractivity contribution in [2.24, 2.45) is 17.8 Å². The zero-order valence-corrected chi connectivity index (χ0v) is 13.3. The third-order valence-corrected chi connectivity index (χ3v) is 4.54. The van der Waals surface area contributed by atoms with Crippen molar-refractivity contribution in [2.75, 3.05) is 6.54 Å². The smallest absolute Gasteiger partial charge is 0.126 e. The molecule has 0 spiro atoms. The van der Waals surface area contributed by atoms with Crippen LogP contribution in [0.15, 0.2) is 18.2 Å². The lowest BCUT2D eigenvalue weighted by molar-refractivity contribution is 0.176. The predicted molar refractivity (Wildman–Crippen MR) is 83.1 cm³/mol. The van der Waals surface area contributed by atoms with Gasteiger partial charge in [-0.25, -0.2) is 8.78 Å². The molecule has 1 aliphatic rings. The second kappa shape index (κ2) is 7.35. The second-order valence-electron chi connectivity index (χ2n) is 6.81. The topological polar surface area (TPSA) is 12.0 Å². The molecule has 1 aromatic rings. The third-order valence-electron chi connectivity index (χ3n) is 4.54. The fourth-order valence-electron chi connectivity index (χ4n) is 3.89. The predicted octanol–water partition coefficient (Wildman–Crippen LogP) is 5.08. The van der Waals surface area contributed by atoms with Crippen LogP contribution in [0.25, 0.3) is 0 Å². The van der Waals surface area contributed by atoms with Gasteiger partial charge in [0.25, 0.3) is 0 Å². The van der Waals surface area contributed by atoms with Crippen molar-refractivity contribution < 1.29 is 8.78 Å². The highest BCUT2D eigenvalue weighted by atomic mass is 19.1.